The molecule has 0 saturated heterocycles. The van der Waals surface area contributed by atoms with Gasteiger partial charge in [0.2, 0.25) is 0 Å². The molecule has 0 aliphatic heterocycles. The first-order valence-electron chi connectivity index (χ1n) is 6.20. The van der Waals surface area contributed by atoms with Crippen LogP contribution in [0, 0.1) is 0 Å². The van der Waals surface area contributed by atoms with Crippen LogP contribution in [0.4, 0.5) is 0 Å². The Kier molecular flexibility index (Phi) is 4.92. The predicted molar refractivity (Wildman–Crippen MR) is 82.0 cm³/mol. The Hall–Kier alpha value is -1.66. The summed E-state index contributed by atoms with van der Waals surface area (Å²) >= 11 is 11.0. The van der Waals surface area contributed by atoms with Crippen molar-refractivity contribution in [3.8, 4) is 5.75 Å². The number of halogens is 1. The van der Waals surface area contributed by atoms with E-state index in [9.17, 15) is 0 Å². The van der Waals surface area contributed by atoms with Crippen molar-refractivity contribution in [2.75, 3.05) is 0 Å². The van der Waals surface area contributed by atoms with Gasteiger partial charge in [-0.1, -0.05) is 30.7 Å². The Labute approximate surface area is 127 Å². The highest BCUT2D eigenvalue weighted by atomic mass is 35.5. The fourth-order valence-electron chi connectivity index (χ4n) is 1.73. The van der Waals surface area contributed by atoms with E-state index < -0.39 is 0 Å². The Morgan fingerprint density at radius 3 is 2.95 bits per heavy atom. The monoisotopic (exact) mass is 310 g/mol. The molecule has 0 amide bonds. The second-order valence-electron chi connectivity index (χ2n) is 4.19. The Morgan fingerprint density at radius 2 is 2.30 bits per heavy atom. The maximum Gasteiger partial charge on any atom is 0.164 e. The minimum Gasteiger partial charge on any atom is -0.486 e. The summed E-state index contributed by atoms with van der Waals surface area (Å²) in [5.74, 6) is 1.42. The van der Waals surface area contributed by atoms with Crippen LogP contribution < -0.4 is 10.5 Å². The summed E-state index contributed by atoms with van der Waals surface area (Å²) in [7, 11) is 0. The van der Waals surface area contributed by atoms with Crippen LogP contribution in [0.2, 0.25) is 5.02 Å². The van der Waals surface area contributed by atoms with Crippen LogP contribution in [0.25, 0.3) is 0 Å². The average Bonchev–Trinajstić information content (AvgIpc) is 2.84. The molecule has 0 radical (unpaired) electrons. The summed E-state index contributed by atoms with van der Waals surface area (Å²) in [5, 5.41) is 4.62. The number of aryl methyl sites for hydroxylation is 1. The third-order valence-electron chi connectivity index (χ3n) is 2.71. The zero-order valence-electron chi connectivity index (χ0n) is 11.0. The molecular weight excluding hydrogens is 296 g/mol. The lowest BCUT2D eigenvalue weighted by molar-refractivity contribution is 0.286. The second-order valence-corrected chi connectivity index (χ2v) is 5.04. The Bertz CT molecular complexity index is 614. The number of ether oxygens (including phenoxy) is 1. The van der Waals surface area contributed by atoms with Gasteiger partial charge in [-0.25, -0.2) is 9.67 Å². The number of aromatic nitrogens is 3. The molecule has 106 valence electrons. The van der Waals surface area contributed by atoms with E-state index in [0.717, 1.165) is 18.8 Å². The fourth-order valence-corrected chi connectivity index (χ4v) is 2.24. The molecule has 0 unspecified atom stereocenters. The number of benzene rings is 1. The van der Waals surface area contributed by atoms with Crippen molar-refractivity contribution < 1.29 is 4.74 Å². The SMILES string of the molecule is CCCn1ncnc1COc1ccc(C(N)=S)c(Cl)c1. The van der Waals surface area contributed by atoms with Crippen molar-refractivity contribution in [3.05, 3.63) is 40.9 Å². The molecule has 0 bridgehead atoms. The first-order valence-corrected chi connectivity index (χ1v) is 6.99. The number of rotatable bonds is 6. The van der Waals surface area contributed by atoms with E-state index >= 15 is 0 Å². The van der Waals surface area contributed by atoms with Crippen LogP contribution in [-0.2, 0) is 13.2 Å². The summed E-state index contributed by atoms with van der Waals surface area (Å²) in [6.07, 6.45) is 2.52. The largest absolute Gasteiger partial charge is 0.486 e. The molecule has 0 aliphatic carbocycles. The van der Waals surface area contributed by atoms with Gasteiger partial charge in [0.1, 0.15) is 23.7 Å². The van der Waals surface area contributed by atoms with Crippen molar-refractivity contribution >= 4 is 28.8 Å². The highest BCUT2D eigenvalue weighted by molar-refractivity contribution is 7.80. The van der Waals surface area contributed by atoms with Gasteiger partial charge in [-0.15, -0.1) is 0 Å². The summed E-state index contributed by atoms with van der Waals surface area (Å²) < 4.78 is 7.49. The Balaban J connectivity index is 2.05. The van der Waals surface area contributed by atoms with Gasteiger partial charge in [-0.2, -0.15) is 5.10 Å². The normalized spacial score (nSPS) is 10.5. The molecule has 7 heteroatoms. The van der Waals surface area contributed by atoms with Crippen molar-refractivity contribution in [1.82, 2.24) is 14.8 Å². The summed E-state index contributed by atoms with van der Waals surface area (Å²) in [6, 6.07) is 5.22. The van der Waals surface area contributed by atoms with Crippen LogP contribution in [0.1, 0.15) is 24.7 Å². The van der Waals surface area contributed by atoms with Crippen molar-refractivity contribution in [3.63, 3.8) is 0 Å². The lowest BCUT2D eigenvalue weighted by atomic mass is 10.2. The smallest absolute Gasteiger partial charge is 0.164 e. The average molecular weight is 311 g/mol. The number of hydrogen-bond acceptors (Lipinski definition) is 4. The molecule has 1 heterocycles. The van der Waals surface area contributed by atoms with E-state index in [1.54, 1.807) is 18.2 Å². The van der Waals surface area contributed by atoms with Gasteiger partial charge in [0, 0.05) is 12.1 Å². The van der Waals surface area contributed by atoms with Gasteiger partial charge >= 0.3 is 0 Å². The van der Waals surface area contributed by atoms with E-state index in [0.29, 0.717) is 22.9 Å². The number of thiocarbonyl (C=S) groups is 1. The highest BCUT2D eigenvalue weighted by Crippen LogP contribution is 2.23. The Morgan fingerprint density at radius 1 is 1.50 bits per heavy atom. The van der Waals surface area contributed by atoms with Gasteiger partial charge in [-0.3, -0.25) is 0 Å². The third kappa shape index (κ3) is 3.46. The molecule has 0 fully saturated rings. The van der Waals surface area contributed by atoms with Crippen molar-refractivity contribution in [1.29, 1.82) is 0 Å². The van der Waals surface area contributed by atoms with Crippen LogP contribution in [0.15, 0.2) is 24.5 Å². The maximum atomic E-state index is 6.09. The molecule has 2 rings (SSSR count). The fraction of sp³-hybridized carbons (Fsp3) is 0.308. The molecule has 0 saturated carbocycles. The zero-order chi connectivity index (χ0) is 14.5. The molecule has 1 aromatic carbocycles. The van der Waals surface area contributed by atoms with E-state index in [4.69, 9.17) is 34.3 Å². The molecule has 20 heavy (non-hydrogen) atoms. The number of nitrogens with two attached hydrogens (primary N) is 1. The standard InChI is InChI=1S/C13H15ClN4OS/c1-2-5-18-12(16-8-17-18)7-19-9-3-4-10(13(15)20)11(14)6-9/h3-4,6,8H,2,5,7H2,1H3,(H2,15,20). The molecule has 2 aromatic rings. The minimum atomic E-state index is 0.268. The first-order chi connectivity index (χ1) is 9.61. The van der Waals surface area contributed by atoms with E-state index in [2.05, 4.69) is 17.0 Å². The lowest BCUT2D eigenvalue weighted by Crippen LogP contribution is -2.10. The first kappa shape index (κ1) is 14.7. The number of hydrogen-bond donors (Lipinski definition) is 1. The summed E-state index contributed by atoms with van der Waals surface area (Å²) in [6.45, 7) is 3.24. The van der Waals surface area contributed by atoms with E-state index in [1.165, 1.54) is 6.33 Å². The molecule has 2 N–H and O–H groups in total. The molecule has 1 aromatic heterocycles. The minimum absolute atomic E-state index is 0.268. The van der Waals surface area contributed by atoms with Gasteiger partial charge < -0.3 is 10.5 Å². The quantitative estimate of drug-likeness (QED) is 0.831. The molecule has 5 nitrogen and oxygen atoms in total. The summed E-state index contributed by atoms with van der Waals surface area (Å²) in [5.41, 5.74) is 6.20. The van der Waals surface area contributed by atoms with Gasteiger partial charge in [0.05, 0.1) is 5.02 Å². The zero-order valence-corrected chi connectivity index (χ0v) is 12.6. The predicted octanol–water partition coefficient (Wildman–Crippen LogP) is 2.55. The van der Waals surface area contributed by atoms with Crippen LogP contribution in [0.5, 0.6) is 5.75 Å². The summed E-state index contributed by atoms with van der Waals surface area (Å²) in [4.78, 5) is 4.44. The van der Waals surface area contributed by atoms with Crippen molar-refractivity contribution in [2.24, 2.45) is 5.73 Å². The van der Waals surface area contributed by atoms with E-state index in [1.807, 2.05) is 4.68 Å². The third-order valence-corrected chi connectivity index (χ3v) is 3.24. The lowest BCUT2D eigenvalue weighted by Gasteiger charge is -2.09. The second kappa shape index (κ2) is 6.67. The van der Waals surface area contributed by atoms with Gasteiger partial charge in [0.25, 0.3) is 0 Å². The molecular formula is C13H15ClN4OS. The van der Waals surface area contributed by atoms with Crippen LogP contribution in [-0.4, -0.2) is 19.8 Å². The molecule has 0 aliphatic rings. The molecule has 0 atom stereocenters. The topological polar surface area (TPSA) is 66.0 Å². The van der Waals surface area contributed by atoms with E-state index in [-0.39, 0.29) is 4.99 Å². The van der Waals surface area contributed by atoms with Crippen LogP contribution in [0.3, 0.4) is 0 Å². The highest BCUT2D eigenvalue weighted by Gasteiger charge is 2.07. The maximum absolute atomic E-state index is 6.09. The van der Waals surface area contributed by atoms with Gasteiger partial charge in [-0.05, 0) is 24.6 Å². The number of nitrogens with zero attached hydrogens (tertiary/aromatic N) is 3. The van der Waals surface area contributed by atoms with Crippen molar-refractivity contribution in [2.45, 2.75) is 26.5 Å². The molecule has 0 spiro atoms. The van der Waals surface area contributed by atoms with Crippen LogP contribution >= 0.6 is 23.8 Å². The van der Waals surface area contributed by atoms with Gasteiger partial charge in [0.15, 0.2) is 5.82 Å².